The lowest BCUT2D eigenvalue weighted by atomic mass is 10.2. The van der Waals surface area contributed by atoms with Crippen molar-refractivity contribution in [3.05, 3.63) is 46.2 Å². The molecule has 2 heterocycles. The third kappa shape index (κ3) is 15.6. The summed E-state index contributed by atoms with van der Waals surface area (Å²) in [5.41, 5.74) is 12.2. The summed E-state index contributed by atoms with van der Waals surface area (Å²) >= 11 is 3.30. The number of rotatable bonds is 10. The van der Waals surface area contributed by atoms with Gasteiger partial charge in [0.1, 0.15) is 29.5 Å². The summed E-state index contributed by atoms with van der Waals surface area (Å²) in [6.07, 6.45) is 6.64. The van der Waals surface area contributed by atoms with E-state index < -0.39 is 0 Å². The topological polar surface area (TPSA) is 240 Å². The molecule has 2 fully saturated rings. The van der Waals surface area contributed by atoms with Crippen molar-refractivity contribution in [2.75, 3.05) is 49.8 Å². The van der Waals surface area contributed by atoms with Crippen molar-refractivity contribution in [1.82, 2.24) is 0 Å². The molecule has 0 spiro atoms. The molecule has 232 valence electrons. The molecule has 2 aliphatic rings. The van der Waals surface area contributed by atoms with Gasteiger partial charge in [0.15, 0.2) is 12.6 Å². The SMILES string of the molecule is BrCCOC1CCCCO1.Nc1ccc(O)cc1[NH+]=O.Nc1ccc(OCCOC2CCCCO2)cc1[NH+]=O.[OH-].[OH-]. The van der Waals surface area contributed by atoms with Crippen LogP contribution in [-0.4, -0.2) is 67.0 Å². The number of halogens is 1. The largest absolute Gasteiger partial charge is 0.870 e. The Kier molecular flexibility index (Phi) is 21.1. The first-order chi connectivity index (χ1) is 19.0. The van der Waals surface area contributed by atoms with E-state index in [1.54, 1.807) is 28.6 Å². The number of nitrogens with two attached hydrogens (primary N) is 2. The van der Waals surface area contributed by atoms with Gasteiger partial charge < -0.3 is 51.2 Å². The zero-order valence-electron chi connectivity index (χ0n) is 22.8. The fourth-order valence-electron chi connectivity index (χ4n) is 3.55. The van der Waals surface area contributed by atoms with Gasteiger partial charge in [-0.3, -0.25) is 0 Å². The predicted octanol–water partition coefficient (Wildman–Crippen LogP) is 1.69. The molecule has 0 saturated carbocycles. The van der Waals surface area contributed by atoms with Crippen LogP contribution in [0.2, 0.25) is 0 Å². The first kappa shape index (κ1) is 38.1. The Morgan fingerprint density at radius 1 is 0.805 bits per heavy atom. The number of hydrogen-bond acceptors (Lipinski definition) is 12. The first-order valence-corrected chi connectivity index (χ1v) is 14.0. The van der Waals surface area contributed by atoms with Crippen LogP contribution in [-0.2, 0) is 18.9 Å². The highest BCUT2D eigenvalue weighted by molar-refractivity contribution is 9.09. The summed E-state index contributed by atoms with van der Waals surface area (Å²) in [5.74, 6) is 0.605. The number of anilines is 2. The Labute approximate surface area is 247 Å². The van der Waals surface area contributed by atoms with Crippen molar-refractivity contribution < 1.29 is 50.1 Å². The number of alkyl halides is 1. The zero-order chi connectivity index (χ0) is 28.3. The second kappa shape index (κ2) is 22.7. The third-order valence-corrected chi connectivity index (χ3v) is 5.92. The molecule has 2 aromatic rings. The molecule has 2 aromatic carbocycles. The molecule has 0 radical (unpaired) electrons. The Hall–Kier alpha value is -2.92. The van der Waals surface area contributed by atoms with Crippen LogP contribution < -0.4 is 26.6 Å². The highest BCUT2D eigenvalue weighted by Crippen LogP contribution is 2.21. The Bertz CT molecular complexity index is 993. The van der Waals surface area contributed by atoms with E-state index in [0.717, 1.165) is 50.8 Å². The van der Waals surface area contributed by atoms with Gasteiger partial charge in [-0.05, 0) is 62.8 Å². The second-order valence-electron chi connectivity index (χ2n) is 8.60. The number of nitroso groups, excluding NO2 is 2. The van der Waals surface area contributed by atoms with Crippen molar-refractivity contribution in [3.63, 3.8) is 0 Å². The molecule has 0 amide bonds. The lowest BCUT2D eigenvalue weighted by Crippen LogP contribution is -2.56. The van der Waals surface area contributed by atoms with E-state index >= 15 is 0 Å². The summed E-state index contributed by atoms with van der Waals surface area (Å²) in [7, 11) is 0. The summed E-state index contributed by atoms with van der Waals surface area (Å²) in [5, 5.41) is 13.1. The number of benzene rings is 2. The lowest BCUT2D eigenvalue weighted by Gasteiger charge is -2.22. The normalized spacial score (nSPS) is 17.6. The van der Waals surface area contributed by atoms with Gasteiger partial charge in [-0.1, -0.05) is 15.9 Å². The molecule has 2 unspecified atom stereocenters. The van der Waals surface area contributed by atoms with Crippen LogP contribution in [0, 0.1) is 9.81 Å². The number of aromatic hydroxyl groups is 1. The van der Waals surface area contributed by atoms with Crippen LogP contribution in [0.4, 0.5) is 22.7 Å². The van der Waals surface area contributed by atoms with E-state index in [1.165, 1.54) is 31.0 Å². The molecule has 2 aliphatic heterocycles. The summed E-state index contributed by atoms with van der Waals surface area (Å²) in [6, 6.07) is 9.04. The number of nitrogens with one attached hydrogen (secondary N) is 2. The van der Waals surface area contributed by atoms with Gasteiger partial charge in [-0.25, -0.2) is 0 Å². The molecule has 0 aliphatic carbocycles. The van der Waals surface area contributed by atoms with E-state index in [-0.39, 0.29) is 35.0 Å². The van der Waals surface area contributed by atoms with Gasteiger partial charge in [-0.15, -0.1) is 0 Å². The molecule has 0 aromatic heterocycles. The third-order valence-electron chi connectivity index (χ3n) is 5.59. The van der Waals surface area contributed by atoms with Gasteiger partial charge in [0.2, 0.25) is 0 Å². The molecule has 0 bridgehead atoms. The van der Waals surface area contributed by atoms with Gasteiger partial charge in [0.05, 0.1) is 25.3 Å². The Morgan fingerprint density at radius 2 is 1.34 bits per heavy atom. The van der Waals surface area contributed by atoms with E-state index in [0.29, 0.717) is 36.0 Å². The molecule has 14 nitrogen and oxygen atoms in total. The number of nitrogen functional groups attached to an aromatic ring is 2. The van der Waals surface area contributed by atoms with Gasteiger partial charge in [0.25, 0.3) is 11.4 Å². The van der Waals surface area contributed by atoms with Gasteiger partial charge in [0, 0.05) is 38.7 Å². The molecular weight excluding hydrogens is 608 g/mol. The number of hydrogen-bond donors (Lipinski definition) is 5. The van der Waals surface area contributed by atoms with E-state index in [1.807, 2.05) is 0 Å². The Morgan fingerprint density at radius 3 is 1.83 bits per heavy atom. The van der Waals surface area contributed by atoms with E-state index in [2.05, 4.69) is 15.9 Å². The van der Waals surface area contributed by atoms with Crippen molar-refractivity contribution in [2.45, 2.75) is 51.1 Å². The maximum absolute atomic E-state index is 10.6. The Balaban J connectivity index is 0.000000622. The number of phenols is 1. The van der Waals surface area contributed by atoms with Crippen molar-refractivity contribution in [1.29, 1.82) is 0 Å². The summed E-state index contributed by atoms with van der Waals surface area (Å²) in [4.78, 5) is 20.7. The van der Waals surface area contributed by atoms with E-state index in [4.69, 9.17) is 40.3 Å². The maximum atomic E-state index is 10.6. The molecule has 2 atom stereocenters. The monoisotopic (exact) mass is 648 g/mol. The summed E-state index contributed by atoms with van der Waals surface area (Å²) < 4.78 is 27.2. The maximum Gasteiger partial charge on any atom is 0.279 e. The van der Waals surface area contributed by atoms with Crippen molar-refractivity contribution in [2.24, 2.45) is 0 Å². The van der Waals surface area contributed by atoms with Crippen molar-refractivity contribution >= 4 is 38.7 Å². The van der Waals surface area contributed by atoms with Crippen LogP contribution in [0.1, 0.15) is 38.5 Å². The van der Waals surface area contributed by atoms with Crippen molar-refractivity contribution in [3.8, 4) is 11.5 Å². The lowest BCUT2D eigenvalue weighted by molar-refractivity contribution is -0.378. The molecule has 41 heavy (non-hydrogen) atoms. The smallest absolute Gasteiger partial charge is 0.279 e. The quantitative estimate of drug-likeness (QED) is 0.107. The fourth-order valence-corrected chi connectivity index (χ4v) is 3.73. The number of ether oxygens (including phenoxy) is 5. The van der Waals surface area contributed by atoms with Gasteiger partial charge >= 0.3 is 0 Å². The second-order valence-corrected chi connectivity index (χ2v) is 9.39. The predicted molar refractivity (Wildman–Crippen MR) is 154 cm³/mol. The highest BCUT2D eigenvalue weighted by Gasteiger charge is 2.14. The minimum Gasteiger partial charge on any atom is -0.870 e. The van der Waals surface area contributed by atoms with Crippen LogP contribution in [0.3, 0.4) is 0 Å². The molecule has 9 N–H and O–H groups in total. The molecule has 4 rings (SSSR count). The fraction of sp³-hybridized carbons (Fsp3) is 0.538. The summed E-state index contributed by atoms with van der Waals surface area (Å²) in [6.45, 7) is 3.25. The average molecular weight is 650 g/mol. The van der Waals surface area contributed by atoms with Gasteiger partial charge in [-0.2, -0.15) is 0 Å². The van der Waals surface area contributed by atoms with Crippen LogP contribution in [0.15, 0.2) is 36.4 Å². The molecular formula is C26H41BrN4O10. The van der Waals surface area contributed by atoms with Crippen LogP contribution in [0.25, 0.3) is 0 Å². The molecule has 2 saturated heterocycles. The highest BCUT2D eigenvalue weighted by atomic mass is 79.9. The minimum atomic E-state index is -0.109. The van der Waals surface area contributed by atoms with Crippen LogP contribution >= 0.6 is 15.9 Å². The standard InChI is InChI=1S/C13H18N2O4.C7H13BrO2.C6H6N2O2.2H2O/c14-11-5-4-10(9-12(11)15-16)17-7-8-19-13-3-1-2-6-18-13;8-4-6-10-7-3-1-2-5-9-7;7-5-2-1-4(9)3-6(5)8-10;;/h4-5,9,13H,1-3,6-8,14H2;7H,1-6H2;1-3,9H,7H2;2*1H2. The van der Waals surface area contributed by atoms with Crippen LogP contribution in [0.5, 0.6) is 11.5 Å². The number of phenolic OH excluding ortho intramolecular Hbond substituents is 1. The average Bonchev–Trinajstić information content (AvgIpc) is 2.98. The zero-order valence-corrected chi connectivity index (χ0v) is 24.4. The molecule has 15 heteroatoms. The van der Waals surface area contributed by atoms with E-state index in [9.17, 15) is 9.81 Å². The minimum absolute atomic E-state index is 0. The first-order valence-electron chi connectivity index (χ1n) is 12.9.